The smallest absolute Gasteiger partial charge is 0.429 e. The molecule has 0 fully saturated rings. The molecule has 3 aromatic carbocycles. The molecule has 0 unspecified atom stereocenters. The molecule has 0 spiro atoms. The van der Waals surface area contributed by atoms with Crippen molar-refractivity contribution < 1.29 is 56.9 Å². The number of hydrogen-bond donors (Lipinski definition) is 1. The van der Waals surface area contributed by atoms with Crippen LogP contribution < -0.4 is 20.2 Å². The van der Waals surface area contributed by atoms with Crippen LogP contribution in [0.4, 0.5) is 39.5 Å². The van der Waals surface area contributed by atoms with E-state index in [1.165, 1.54) is 31.5 Å². The third-order valence-electron chi connectivity index (χ3n) is 7.09. The van der Waals surface area contributed by atoms with Gasteiger partial charge >= 0.3 is 39.1 Å². The van der Waals surface area contributed by atoms with E-state index in [1.807, 2.05) is 20.8 Å². The molecular formula is C29H23F9N2O6S. The van der Waals surface area contributed by atoms with Gasteiger partial charge in [-0.15, -0.1) is 0 Å². The molecule has 0 aliphatic heterocycles. The molecule has 4 rings (SSSR count). The highest BCUT2D eigenvalue weighted by molar-refractivity contribution is 7.88. The van der Waals surface area contributed by atoms with Crippen molar-refractivity contribution in [2.45, 2.75) is 49.5 Å². The fraction of sp³-hybridized carbons (Fsp3) is 0.310. The quantitative estimate of drug-likeness (QED) is 0.176. The van der Waals surface area contributed by atoms with Gasteiger partial charge in [0.05, 0.1) is 12.8 Å². The lowest BCUT2D eigenvalue weighted by atomic mass is 9.83. The summed E-state index contributed by atoms with van der Waals surface area (Å²) in [6.07, 6.45) is -20.9. The van der Waals surface area contributed by atoms with Crippen molar-refractivity contribution in [1.29, 1.82) is 0 Å². The van der Waals surface area contributed by atoms with Crippen LogP contribution in [0.15, 0.2) is 70.4 Å². The van der Waals surface area contributed by atoms with E-state index in [4.69, 9.17) is 4.74 Å². The molecule has 4 aromatic rings. The summed E-state index contributed by atoms with van der Waals surface area (Å²) in [6, 6.07) is 10.7. The second-order valence-electron chi connectivity index (χ2n) is 11.2. The SMILES string of the molecule is COc1c(-c2ccc3cc(OS(=O)(=O)C(C(F)(F)F)(C(F)(F)F)C(F)(F)F)ccc3c2)cc(-n2ccc(=O)[nH]c2=O)cc1C(C)(C)C. The predicted octanol–water partition coefficient (Wildman–Crippen LogP) is 6.79. The van der Waals surface area contributed by atoms with Crippen molar-refractivity contribution in [1.82, 2.24) is 9.55 Å². The van der Waals surface area contributed by atoms with Gasteiger partial charge in [-0.25, -0.2) is 4.79 Å². The lowest BCUT2D eigenvalue weighted by molar-refractivity contribution is -0.349. The van der Waals surface area contributed by atoms with E-state index in [9.17, 15) is 57.5 Å². The number of methoxy groups -OCH3 is 1. The van der Waals surface area contributed by atoms with Crippen molar-refractivity contribution in [3.8, 4) is 28.3 Å². The van der Waals surface area contributed by atoms with E-state index in [1.54, 1.807) is 12.1 Å². The summed E-state index contributed by atoms with van der Waals surface area (Å²) in [6.45, 7) is 5.57. The molecule has 47 heavy (non-hydrogen) atoms. The second-order valence-corrected chi connectivity index (χ2v) is 12.9. The number of nitrogens with zero attached hydrogens (tertiary/aromatic N) is 1. The number of hydrogen-bond acceptors (Lipinski definition) is 6. The molecule has 1 heterocycles. The standard InChI is InChI=1S/C29H23F9N2O6S/c1-25(2,3)21-14-18(40-10-9-22(41)39-24(40)42)13-20(23(21)45-4)17-6-5-16-12-19(8-7-15(16)11-17)46-47(43,44)26(27(30,31)32,28(33,34)35)29(36,37)38/h5-14H,1-4H3,(H,39,41,42). The Morgan fingerprint density at radius 1 is 0.745 bits per heavy atom. The zero-order valence-electron chi connectivity index (χ0n) is 24.5. The number of halogens is 9. The van der Waals surface area contributed by atoms with Crippen LogP contribution in [0.1, 0.15) is 26.3 Å². The van der Waals surface area contributed by atoms with Gasteiger partial charge in [-0.05, 0) is 52.1 Å². The number of H-pyrrole nitrogens is 1. The Bertz CT molecular complexity index is 2040. The maximum Gasteiger partial charge on any atom is 0.429 e. The van der Waals surface area contributed by atoms with Crippen molar-refractivity contribution in [2.75, 3.05) is 7.11 Å². The summed E-state index contributed by atoms with van der Waals surface area (Å²) in [4.78, 5) is 26.3. The topological polar surface area (TPSA) is 107 Å². The van der Waals surface area contributed by atoms with Crippen LogP contribution in [-0.2, 0) is 15.5 Å². The van der Waals surface area contributed by atoms with E-state index < -0.39 is 55.8 Å². The summed E-state index contributed by atoms with van der Waals surface area (Å²) in [5.41, 5.74) is -0.253. The van der Waals surface area contributed by atoms with Crippen LogP contribution in [0.25, 0.3) is 27.6 Å². The number of aromatic amines is 1. The highest BCUT2D eigenvalue weighted by Crippen LogP contribution is 2.57. The molecule has 0 saturated heterocycles. The van der Waals surface area contributed by atoms with Gasteiger partial charge in [0, 0.05) is 23.4 Å². The van der Waals surface area contributed by atoms with Crippen LogP contribution in [0, 0.1) is 0 Å². The number of benzene rings is 3. The minimum absolute atomic E-state index is 0.0407. The van der Waals surface area contributed by atoms with Crippen LogP contribution in [0.3, 0.4) is 0 Å². The summed E-state index contributed by atoms with van der Waals surface area (Å²) in [5, 5.41) is 0.160. The average molecular weight is 699 g/mol. The Balaban J connectivity index is 1.87. The van der Waals surface area contributed by atoms with Gasteiger partial charge in [0.25, 0.3) is 5.56 Å². The van der Waals surface area contributed by atoms with Gasteiger partial charge in [-0.2, -0.15) is 47.9 Å². The van der Waals surface area contributed by atoms with Gasteiger partial charge in [-0.1, -0.05) is 39.0 Å². The van der Waals surface area contributed by atoms with Crippen LogP contribution >= 0.6 is 0 Å². The van der Waals surface area contributed by atoms with E-state index in [0.29, 0.717) is 40.3 Å². The third kappa shape index (κ3) is 6.05. The Kier molecular flexibility index (Phi) is 8.54. The summed E-state index contributed by atoms with van der Waals surface area (Å²) < 4.78 is 149. The van der Waals surface area contributed by atoms with Crippen LogP contribution in [0.2, 0.25) is 0 Å². The van der Waals surface area contributed by atoms with E-state index in [2.05, 4.69) is 9.17 Å². The molecule has 0 aliphatic rings. The summed E-state index contributed by atoms with van der Waals surface area (Å²) >= 11 is 0. The molecule has 0 saturated carbocycles. The number of aromatic nitrogens is 2. The number of ether oxygens (including phenoxy) is 1. The largest absolute Gasteiger partial charge is 0.496 e. The van der Waals surface area contributed by atoms with Crippen LogP contribution in [-0.4, -0.2) is 48.4 Å². The van der Waals surface area contributed by atoms with Crippen molar-refractivity contribution in [3.05, 3.63) is 87.2 Å². The van der Waals surface area contributed by atoms with Gasteiger partial charge in [0.1, 0.15) is 11.5 Å². The van der Waals surface area contributed by atoms with Crippen molar-refractivity contribution >= 4 is 20.9 Å². The van der Waals surface area contributed by atoms with E-state index in [-0.39, 0.29) is 10.8 Å². The van der Waals surface area contributed by atoms with Gasteiger partial charge < -0.3 is 8.92 Å². The number of alkyl halides is 9. The lowest BCUT2D eigenvalue weighted by Crippen LogP contribution is -2.71. The molecule has 0 bridgehead atoms. The molecule has 0 atom stereocenters. The molecule has 0 radical (unpaired) electrons. The fourth-order valence-corrected chi connectivity index (χ4v) is 6.24. The zero-order valence-corrected chi connectivity index (χ0v) is 25.3. The molecule has 1 aromatic heterocycles. The first-order valence-electron chi connectivity index (χ1n) is 13.1. The lowest BCUT2D eigenvalue weighted by Gasteiger charge is -2.36. The van der Waals surface area contributed by atoms with E-state index in [0.717, 1.165) is 16.7 Å². The van der Waals surface area contributed by atoms with Crippen LogP contribution in [0.5, 0.6) is 11.5 Å². The maximum absolute atomic E-state index is 13.4. The zero-order chi connectivity index (χ0) is 35.5. The first kappa shape index (κ1) is 35.4. The highest BCUT2D eigenvalue weighted by atomic mass is 32.2. The Labute approximate surface area is 259 Å². The van der Waals surface area contributed by atoms with Gasteiger partial charge in [-0.3, -0.25) is 14.3 Å². The molecule has 8 nitrogen and oxygen atoms in total. The number of rotatable bonds is 6. The Morgan fingerprint density at radius 2 is 1.30 bits per heavy atom. The predicted molar refractivity (Wildman–Crippen MR) is 151 cm³/mol. The minimum atomic E-state index is -7.54. The molecular weight excluding hydrogens is 675 g/mol. The highest BCUT2D eigenvalue weighted by Gasteiger charge is 2.92. The maximum atomic E-state index is 13.4. The molecule has 254 valence electrons. The van der Waals surface area contributed by atoms with Crippen molar-refractivity contribution in [3.63, 3.8) is 0 Å². The summed E-state index contributed by atoms with van der Waals surface area (Å²) in [7, 11) is -6.15. The Morgan fingerprint density at radius 3 is 1.81 bits per heavy atom. The Hall–Kier alpha value is -4.48. The first-order valence-corrected chi connectivity index (χ1v) is 14.5. The summed E-state index contributed by atoms with van der Waals surface area (Å²) in [5.74, 6) is -0.897. The molecule has 0 amide bonds. The van der Waals surface area contributed by atoms with Gasteiger partial charge in [0.15, 0.2) is 0 Å². The minimum Gasteiger partial charge on any atom is -0.496 e. The number of fused-ring (bicyclic) bond motifs is 1. The van der Waals surface area contributed by atoms with Crippen molar-refractivity contribution in [2.24, 2.45) is 0 Å². The fourth-order valence-electron chi connectivity index (χ4n) is 4.90. The monoisotopic (exact) mass is 698 g/mol. The number of nitrogens with one attached hydrogen (secondary N) is 1. The molecule has 18 heteroatoms. The first-order chi connectivity index (χ1) is 21.4. The van der Waals surface area contributed by atoms with Gasteiger partial charge in [0.2, 0.25) is 0 Å². The third-order valence-corrected chi connectivity index (χ3v) is 8.95. The molecule has 0 aliphatic carbocycles. The second kappa shape index (κ2) is 11.3. The average Bonchev–Trinajstić information content (AvgIpc) is 2.88. The van der Waals surface area contributed by atoms with E-state index >= 15 is 0 Å². The normalized spacial score (nSPS) is 13.6. The molecule has 1 N–H and O–H groups in total.